The van der Waals surface area contributed by atoms with Gasteiger partial charge in [0.15, 0.2) is 5.69 Å². The second-order valence-electron chi connectivity index (χ2n) is 6.19. The molecule has 3 aromatic rings. The molecule has 0 aliphatic carbocycles. The molecule has 0 atom stereocenters. The summed E-state index contributed by atoms with van der Waals surface area (Å²) < 4.78 is 6.92. The first-order valence-corrected chi connectivity index (χ1v) is 8.77. The van der Waals surface area contributed by atoms with Gasteiger partial charge < -0.3 is 15.2 Å². The number of hydrogen-bond acceptors (Lipinski definition) is 4. The molecule has 144 valence electrons. The van der Waals surface area contributed by atoms with Gasteiger partial charge in [-0.2, -0.15) is 5.10 Å². The Morgan fingerprint density at radius 3 is 2.57 bits per heavy atom. The minimum Gasteiger partial charge on any atom is -0.489 e. The molecular weight excluding hydrogens is 382 g/mol. The van der Waals surface area contributed by atoms with E-state index in [1.807, 2.05) is 13.0 Å². The van der Waals surface area contributed by atoms with Crippen molar-refractivity contribution in [2.24, 2.45) is 7.05 Å². The van der Waals surface area contributed by atoms with Crippen LogP contribution < -0.4 is 10.1 Å². The number of ether oxygens (including phenoxy) is 1. The average Bonchev–Trinajstić information content (AvgIpc) is 3.03. The number of carboxylic acid groups (broad SMARTS) is 1. The number of hydrogen-bond donors (Lipinski definition) is 2. The van der Waals surface area contributed by atoms with Gasteiger partial charge in [0, 0.05) is 17.6 Å². The van der Waals surface area contributed by atoms with E-state index < -0.39 is 11.9 Å². The topological polar surface area (TPSA) is 93.5 Å². The van der Waals surface area contributed by atoms with Crippen LogP contribution in [0.3, 0.4) is 0 Å². The monoisotopic (exact) mass is 399 g/mol. The Morgan fingerprint density at radius 1 is 1.21 bits per heavy atom. The predicted molar refractivity (Wildman–Crippen MR) is 105 cm³/mol. The van der Waals surface area contributed by atoms with Gasteiger partial charge in [-0.3, -0.25) is 9.48 Å². The standard InChI is InChI=1S/C20H18ClN3O4/c1-12-9-15(7-8-16(12)21)28-11-13-3-5-14(6-4-13)19(25)23-17-10-22-24(2)18(17)20(26)27/h3-10H,11H2,1-2H3,(H,23,25)(H,26,27). The second kappa shape index (κ2) is 8.14. The number of carbonyl (C=O) groups excluding carboxylic acids is 1. The number of anilines is 1. The van der Waals surface area contributed by atoms with E-state index in [1.54, 1.807) is 36.4 Å². The molecule has 8 heteroatoms. The van der Waals surface area contributed by atoms with Crippen LogP contribution in [0.1, 0.15) is 32.0 Å². The molecule has 0 bridgehead atoms. The lowest BCUT2D eigenvalue weighted by atomic mass is 10.1. The number of amides is 1. The lowest BCUT2D eigenvalue weighted by molar-refractivity contribution is 0.0686. The summed E-state index contributed by atoms with van der Waals surface area (Å²) in [5.41, 5.74) is 2.27. The third kappa shape index (κ3) is 4.32. The molecule has 0 unspecified atom stereocenters. The molecule has 2 aromatic carbocycles. The van der Waals surface area contributed by atoms with E-state index in [-0.39, 0.29) is 11.4 Å². The van der Waals surface area contributed by atoms with Gasteiger partial charge in [-0.1, -0.05) is 23.7 Å². The van der Waals surface area contributed by atoms with Gasteiger partial charge in [0.1, 0.15) is 12.4 Å². The Hall–Kier alpha value is -3.32. The second-order valence-corrected chi connectivity index (χ2v) is 6.59. The Morgan fingerprint density at radius 2 is 1.93 bits per heavy atom. The third-order valence-electron chi connectivity index (χ3n) is 4.14. The number of aromatic nitrogens is 2. The van der Waals surface area contributed by atoms with E-state index in [0.29, 0.717) is 22.9 Å². The van der Waals surface area contributed by atoms with E-state index in [9.17, 15) is 14.7 Å². The number of nitrogens with zero attached hydrogens (tertiary/aromatic N) is 2. The number of benzene rings is 2. The maximum absolute atomic E-state index is 12.4. The van der Waals surface area contributed by atoms with Crippen LogP contribution in [-0.2, 0) is 13.7 Å². The Bertz CT molecular complexity index is 1030. The third-order valence-corrected chi connectivity index (χ3v) is 4.56. The normalized spacial score (nSPS) is 10.5. The van der Waals surface area contributed by atoms with Crippen molar-refractivity contribution in [3.8, 4) is 5.75 Å². The molecule has 0 saturated carbocycles. The van der Waals surface area contributed by atoms with Crippen LogP contribution in [0, 0.1) is 6.92 Å². The lowest BCUT2D eigenvalue weighted by Gasteiger charge is -2.09. The lowest BCUT2D eigenvalue weighted by Crippen LogP contribution is -2.15. The number of carbonyl (C=O) groups is 2. The van der Waals surface area contributed by atoms with Crippen molar-refractivity contribution < 1.29 is 19.4 Å². The van der Waals surface area contributed by atoms with E-state index in [4.69, 9.17) is 16.3 Å². The summed E-state index contributed by atoms with van der Waals surface area (Å²) >= 11 is 6.00. The molecule has 1 amide bonds. The fourth-order valence-electron chi connectivity index (χ4n) is 2.60. The molecule has 7 nitrogen and oxygen atoms in total. The van der Waals surface area contributed by atoms with Crippen molar-refractivity contribution in [2.75, 3.05) is 5.32 Å². The van der Waals surface area contributed by atoms with Gasteiger partial charge in [-0.15, -0.1) is 0 Å². The Labute approximate surface area is 166 Å². The zero-order valence-corrected chi connectivity index (χ0v) is 16.0. The van der Waals surface area contributed by atoms with Gasteiger partial charge in [0.25, 0.3) is 5.91 Å². The van der Waals surface area contributed by atoms with E-state index >= 15 is 0 Å². The number of rotatable bonds is 6. The smallest absolute Gasteiger partial charge is 0.356 e. The van der Waals surface area contributed by atoms with Crippen molar-refractivity contribution in [1.29, 1.82) is 0 Å². The van der Waals surface area contributed by atoms with Gasteiger partial charge >= 0.3 is 5.97 Å². The first kappa shape index (κ1) is 19.4. The molecule has 0 spiro atoms. The van der Waals surface area contributed by atoms with Crippen molar-refractivity contribution in [2.45, 2.75) is 13.5 Å². The van der Waals surface area contributed by atoms with Crippen LogP contribution in [0.15, 0.2) is 48.7 Å². The van der Waals surface area contributed by atoms with Crippen molar-refractivity contribution >= 4 is 29.2 Å². The molecule has 0 fully saturated rings. The fourth-order valence-corrected chi connectivity index (χ4v) is 2.72. The number of aryl methyl sites for hydroxylation is 2. The predicted octanol–water partition coefficient (Wildman–Crippen LogP) is 3.91. The molecule has 2 N–H and O–H groups in total. The average molecular weight is 400 g/mol. The van der Waals surface area contributed by atoms with Crippen LogP contribution in [0.4, 0.5) is 5.69 Å². The SMILES string of the molecule is Cc1cc(OCc2ccc(C(=O)Nc3cnn(C)c3C(=O)O)cc2)ccc1Cl. The summed E-state index contributed by atoms with van der Waals surface area (Å²) in [6.45, 7) is 2.25. The molecular formula is C20H18ClN3O4. The van der Waals surface area contributed by atoms with Crippen LogP contribution >= 0.6 is 11.6 Å². The summed E-state index contributed by atoms with van der Waals surface area (Å²) in [4.78, 5) is 23.6. The summed E-state index contributed by atoms with van der Waals surface area (Å²) in [6, 6.07) is 12.3. The summed E-state index contributed by atoms with van der Waals surface area (Å²) in [6.07, 6.45) is 1.30. The first-order chi connectivity index (χ1) is 13.3. The highest BCUT2D eigenvalue weighted by Gasteiger charge is 2.18. The van der Waals surface area contributed by atoms with Gasteiger partial charge in [-0.05, 0) is 48.4 Å². The van der Waals surface area contributed by atoms with Gasteiger partial charge in [-0.25, -0.2) is 4.79 Å². The summed E-state index contributed by atoms with van der Waals surface area (Å²) in [5, 5.41) is 16.3. The molecule has 0 saturated heterocycles. The highest BCUT2D eigenvalue weighted by Crippen LogP contribution is 2.22. The number of halogens is 1. The maximum atomic E-state index is 12.4. The molecule has 0 aliphatic rings. The quantitative estimate of drug-likeness (QED) is 0.655. The first-order valence-electron chi connectivity index (χ1n) is 8.39. The highest BCUT2D eigenvalue weighted by atomic mass is 35.5. The molecule has 0 aliphatic heterocycles. The Kier molecular flexibility index (Phi) is 5.65. The van der Waals surface area contributed by atoms with Crippen molar-refractivity contribution in [3.63, 3.8) is 0 Å². The highest BCUT2D eigenvalue weighted by molar-refractivity contribution is 6.31. The van der Waals surface area contributed by atoms with Crippen LogP contribution in [0.2, 0.25) is 5.02 Å². The molecule has 28 heavy (non-hydrogen) atoms. The number of aromatic carboxylic acids is 1. The number of nitrogens with one attached hydrogen (secondary N) is 1. The molecule has 0 radical (unpaired) electrons. The van der Waals surface area contributed by atoms with E-state index in [1.165, 1.54) is 17.9 Å². The Balaban J connectivity index is 1.64. The minimum absolute atomic E-state index is 0.0865. The van der Waals surface area contributed by atoms with Crippen molar-refractivity contribution in [1.82, 2.24) is 9.78 Å². The molecule has 1 aromatic heterocycles. The van der Waals surface area contributed by atoms with Gasteiger partial charge in [0.05, 0.1) is 11.9 Å². The van der Waals surface area contributed by atoms with E-state index in [2.05, 4.69) is 10.4 Å². The zero-order chi connectivity index (χ0) is 20.3. The zero-order valence-electron chi connectivity index (χ0n) is 15.3. The maximum Gasteiger partial charge on any atom is 0.356 e. The minimum atomic E-state index is -1.17. The summed E-state index contributed by atoms with van der Waals surface area (Å²) in [7, 11) is 1.50. The van der Waals surface area contributed by atoms with Crippen LogP contribution in [0.25, 0.3) is 0 Å². The fraction of sp³-hybridized carbons (Fsp3) is 0.150. The summed E-state index contributed by atoms with van der Waals surface area (Å²) in [5.74, 6) is -0.877. The molecule has 1 heterocycles. The van der Waals surface area contributed by atoms with Crippen molar-refractivity contribution in [3.05, 3.63) is 76.1 Å². The van der Waals surface area contributed by atoms with Crippen LogP contribution in [0.5, 0.6) is 5.75 Å². The van der Waals surface area contributed by atoms with Gasteiger partial charge in [0.2, 0.25) is 0 Å². The largest absolute Gasteiger partial charge is 0.489 e. The van der Waals surface area contributed by atoms with Crippen LogP contribution in [-0.4, -0.2) is 26.8 Å². The number of carboxylic acids is 1. The van der Waals surface area contributed by atoms with E-state index in [0.717, 1.165) is 11.1 Å². The molecule has 3 rings (SSSR count).